The van der Waals surface area contributed by atoms with Gasteiger partial charge in [0, 0.05) is 12.1 Å². The van der Waals surface area contributed by atoms with Crippen LogP contribution in [0.1, 0.15) is 24.8 Å². The Balaban J connectivity index is 0.000000379. The maximum absolute atomic E-state index is 9.10. The second-order valence-corrected chi connectivity index (χ2v) is 5.12. The van der Waals surface area contributed by atoms with Crippen LogP contribution in [-0.4, -0.2) is 54.4 Å². The number of hydrogen-bond acceptors (Lipinski definition) is 5. The average molecular weight is 325 g/mol. The third-order valence-corrected chi connectivity index (χ3v) is 3.51. The Morgan fingerprint density at radius 3 is 2.13 bits per heavy atom. The van der Waals surface area contributed by atoms with Crippen molar-refractivity contribution in [2.24, 2.45) is 0 Å². The number of aliphatic carboxylic acids is 2. The van der Waals surface area contributed by atoms with Gasteiger partial charge in [0.05, 0.1) is 14.2 Å². The zero-order valence-corrected chi connectivity index (χ0v) is 13.4. The molecule has 1 aliphatic heterocycles. The summed E-state index contributed by atoms with van der Waals surface area (Å²) in [6.07, 6.45) is 3.99. The summed E-state index contributed by atoms with van der Waals surface area (Å²) in [4.78, 5) is 20.7. The van der Waals surface area contributed by atoms with E-state index in [1.54, 1.807) is 14.2 Å². The van der Waals surface area contributed by atoms with Gasteiger partial charge >= 0.3 is 11.9 Å². The molecule has 1 aliphatic rings. The molecule has 2 N–H and O–H groups in total. The molecule has 128 valence electrons. The number of nitrogens with zero attached hydrogens (tertiary/aromatic N) is 1. The zero-order chi connectivity index (χ0) is 17.2. The summed E-state index contributed by atoms with van der Waals surface area (Å²) in [6, 6.07) is 6.00. The van der Waals surface area contributed by atoms with E-state index in [2.05, 4.69) is 11.0 Å². The third-order valence-electron chi connectivity index (χ3n) is 3.51. The van der Waals surface area contributed by atoms with E-state index >= 15 is 0 Å². The van der Waals surface area contributed by atoms with E-state index in [1.807, 2.05) is 12.1 Å². The van der Waals surface area contributed by atoms with E-state index in [1.165, 1.54) is 37.9 Å². The predicted molar refractivity (Wildman–Crippen MR) is 83.9 cm³/mol. The molecule has 0 atom stereocenters. The smallest absolute Gasteiger partial charge is 0.414 e. The van der Waals surface area contributed by atoms with Crippen LogP contribution in [0.5, 0.6) is 11.5 Å². The number of rotatable bonds is 4. The highest BCUT2D eigenvalue weighted by atomic mass is 16.5. The molecule has 0 spiro atoms. The molecule has 7 nitrogen and oxygen atoms in total. The molecule has 1 aromatic carbocycles. The summed E-state index contributed by atoms with van der Waals surface area (Å²) in [6.45, 7) is 3.35. The fraction of sp³-hybridized carbons (Fsp3) is 0.500. The Morgan fingerprint density at radius 1 is 1.04 bits per heavy atom. The lowest BCUT2D eigenvalue weighted by molar-refractivity contribution is -0.159. The van der Waals surface area contributed by atoms with Gasteiger partial charge < -0.3 is 19.7 Å². The van der Waals surface area contributed by atoms with Crippen LogP contribution in [-0.2, 0) is 16.1 Å². The van der Waals surface area contributed by atoms with Gasteiger partial charge in [0.1, 0.15) is 11.5 Å². The summed E-state index contributed by atoms with van der Waals surface area (Å²) in [7, 11) is 3.42. The Labute approximate surface area is 135 Å². The third kappa shape index (κ3) is 6.56. The number of likely N-dealkylation sites (tertiary alicyclic amines) is 1. The molecular formula is C16H23NO6. The summed E-state index contributed by atoms with van der Waals surface area (Å²) in [5, 5.41) is 14.8. The summed E-state index contributed by atoms with van der Waals surface area (Å²) < 4.78 is 10.7. The molecular weight excluding hydrogens is 302 g/mol. The quantitative estimate of drug-likeness (QED) is 0.815. The molecule has 0 aromatic heterocycles. The number of carbonyl (C=O) groups is 2. The molecule has 0 bridgehead atoms. The topological polar surface area (TPSA) is 96.3 Å². The van der Waals surface area contributed by atoms with Crippen molar-refractivity contribution in [1.82, 2.24) is 4.90 Å². The van der Waals surface area contributed by atoms with Crippen LogP contribution in [0.25, 0.3) is 0 Å². The van der Waals surface area contributed by atoms with Crippen molar-refractivity contribution in [3.8, 4) is 11.5 Å². The number of hydrogen-bond donors (Lipinski definition) is 2. The van der Waals surface area contributed by atoms with E-state index in [4.69, 9.17) is 29.3 Å². The first kappa shape index (κ1) is 18.8. The maximum atomic E-state index is 9.10. The van der Waals surface area contributed by atoms with Crippen LogP contribution in [0.15, 0.2) is 18.2 Å². The van der Waals surface area contributed by atoms with Gasteiger partial charge in [-0.2, -0.15) is 0 Å². The molecule has 0 radical (unpaired) electrons. The largest absolute Gasteiger partial charge is 0.497 e. The van der Waals surface area contributed by atoms with E-state index in [-0.39, 0.29) is 0 Å². The minimum atomic E-state index is -1.82. The van der Waals surface area contributed by atoms with Gasteiger partial charge in [-0.1, -0.05) is 6.42 Å². The van der Waals surface area contributed by atoms with Gasteiger partial charge in [0.25, 0.3) is 0 Å². The normalized spacial score (nSPS) is 14.3. The lowest BCUT2D eigenvalue weighted by atomic mass is 10.1. The molecule has 23 heavy (non-hydrogen) atoms. The van der Waals surface area contributed by atoms with Crippen molar-refractivity contribution in [2.75, 3.05) is 27.3 Å². The first-order valence-corrected chi connectivity index (χ1v) is 7.37. The Hall–Kier alpha value is -2.28. The predicted octanol–water partition coefficient (Wildman–Crippen LogP) is 1.85. The van der Waals surface area contributed by atoms with E-state index in [0.717, 1.165) is 18.0 Å². The van der Waals surface area contributed by atoms with Crippen molar-refractivity contribution in [3.05, 3.63) is 23.8 Å². The molecule has 0 amide bonds. The van der Waals surface area contributed by atoms with Crippen molar-refractivity contribution >= 4 is 11.9 Å². The summed E-state index contributed by atoms with van der Waals surface area (Å²) >= 11 is 0. The van der Waals surface area contributed by atoms with Crippen LogP contribution >= 0.6 is 0 Å². The van der Waals surface area contributed by atoms with Crippen LogP contribution in [0.2, 0.25) is 0 Å². The Bertz CT molecular complexity index is 513. The second-order valence-electron chi connectivity index (χ2n) is 5.12. The highest BCUT2D eigenvalue weighted by molar-refractivity contribution is 6.27. The number of ether oxygens (including phenoxy) is 2. The monoisotopic (exact) mass is 325 g/mol. The van der Waals surface area contributed by atoms with Gasteiger partial charge in [-0.05, 0) is 44.1 Å². The minimum Gasteiger partial charge on any atom is -0.497 e. The fourth-order valence-electron chi connectivity index (χ4n) is 2.36. The first-order valence-electron chi connectivity index (χ1n) is 7.37. The average Bonchev–Trinajstić information content (AvgIpc) is 2.56. The Kier molecular flexibility index (Phi) is 7.90. The highest BCUT2D eigenvalue weighted by Gasteiger charge is 2.13. The highest BCUT2D eigenvalue weighted by Crippen LogP contribution is 2.26. The van der Waals surface area contributed by atoms with Crippen LogP contribution in [0.3, 0.4) is 0 Å². The molecule has 7 heteroatoms. The van der Waals surface area contributed by atoms with E-state index in [9.17, 15) is 0 Å². The van der Waals surface area contributed by atoms with Crippen molar-refractivity contribution in [3.63, 3.8) is 0 Å². The molecule has 0 aliphatic carbocycles. The lowest BCUT2D eigenvalue weighted by Gasteiger charge is -2.27. The van der Waals surface area contributed by atoms with Gasteiger partial charge in [-0.15, -0.1) is 0 Å². The molecule has 0 unspecified atom stereocenters. The number of methoxy groups -OCH3 is 2. The summed E-state index contributed by atoms with van der Waals surface area (Å²) in [5.41, 5.74) is 1.22. The standard InChI is InChI=1S/C14H21NO2.C2H2O4/c1-16-13-6-7-14(17-2)12(10-13)11-15-8-4-3-5-9-15;3-1(4)2(5)6/h6-7,10H,3-5,8-9,11H2,1-2H3;(H,3,4)(H,5,6). The molecule has 0 saturated carbocycles. The fourth-order valence-corrected chi connectivity index (χ4v) is 2.36. The van der Waals surface area contributed by atoms with Gasteiger partial charge in [-0.3, -0.25) is 4.90 Å². The number of carboxylic acids is 2. The van der Waals surface area contributed by atoms with Crippen molar-refractivity contribution < 1.29 is 29.3 Å². The molecule has 1 aromatic rings. The van der Waals surface area contributed by atoms with E-state index in [0.29, 0.717) is 0 Å². The van der Waals surface area contributed by atoms with Crippen molar-refractivity contribution in [1.29, 1.82) is 0 Å². The number of carboxylic acid groups (broad SMARTS) is 2. The van der Waals surface area contributed by atoms with Gasteiger partial charge in [0.2, 0.25) is 0 Å². The lowest BCUT2D eigenvalue weighted by Crippen LogP contribution is -2.29. The van der Waals surface area contributed by atoms with Gasteiger partial charge in [-0.25, -0.2) is 9.59 Å². The minimum absolute atomic E-state index is 0.901. The number of piperidine rings is 1. The van der Waals surface area contributed by atoms with Crippen molar-refractivity contribution in [2.45, 2.75) is 25.8 Å². The maximum Gasteiger partial charge on any atom is 0.414 e. The first-order chi connectivity index (χ1) is 11.0. The SMILES string of the molecule is COc1ccc(OC)c(CN2CCCCC2)c1.O=C(O)C(=O)O. The Morgan fingerprint density at radius 2 is 1.65 bits per heavy atom. The molecule has 1 heterocycles. The summed E-state index contributed by atoms with van der Waals surface area (Å²) in [5.74, 6) is -1.79. The number of benzene rings is 1. The molecule has 1 fully saturated rings. The van der Waals surface area contributed by atoms with Crippen LogP contribution in [0, 0.1) is 0 Å². The second kappa shape index (κ2) is 9.68. The molecule has 2 rings (SSSR count). The van der Waals surface area contributed by atoms with Crippen LogP contribution in [0.4, 0.5) is 0 Å². The van der Waals surface area contributed by atoms with Crippen LogP contribution < -0.4 is 9.47 Å². The zero-order valence-electron chi connectivity index (χ0n) is 13.4. The molecule has 1 saturated heterocycles. The van der Waals surface area contributed by atoms with E-state index < -0.39 is 11.9 Å². The van der Waals surface area contributed by atoms with Gasteiger partial charge in [0.15, 0.2) is 0 Å².